The summed E-state index contributed by atoms with van der Waals surface area (Å²) in [5, 5.41) is 0. The first-order chi connectivity index (χ1) is 25.3. The smallest absolute Gasteiger partial charge is 0.206 e. The van der Waals surface area contributed by atoms with Gasteiger partial charge in [-0.15, -0.1) is 0 Å². The second kappa shape index (κ2) is 12.2. The Balaban J connectivity index is 0.976. The molecule has 0 fully saturated rings. The minimum atomic E-state index is -3.96. The Morgan fingerprint density at radius 3 is 0.808 bits per heavy atom. The van der Waals surface area contributed by atoms with Crippen LogP contribution in [0, 0.1) is 0 Å². The second-order valence-corrected chi connectivity index (χ2v) is 16.1. The molecule has 7 aromatic rings. The molecule has 0 amide bonds. The van der Waals surface area contributed by atoms with Crippen LogP contribution in [0.15, 0.2) is 189 Å². The van der Waals surface area contributed by atoms with Gasteiger partial charge in [-0.2, -0.15) is 0 Å². The van der Waals surface area contributed by atoms with Crippen LogP contribution in [0.2, 0.25) is 0 Å². The van der Waals surface area contributed by atoms with E-state index in [0.29, 0.717) is 23.0 Å². The lowest BCUT2D eigenvalue weighted by molar-refractivity contribution is 0.476. The van der Waals surface area contributed by atoms with Crippen molar-refractivity contribution in [1.29, 1.82) is 0 Å². The molecule has 9 rings (SSSR count). The van der Waals surface area contributed by atoms with Crippen LogP contribution in [-0.2, 0) is 19.7 Å². The molecule has 52 heavy (non-hydrogen) atoms. The molecule has 0 bridgehead atoms. The predicted octanol–water partition coefficient (Wildman–Crippen LogP) is 10.5. The molecule has 0 spiro atoms. The molecule has 0 N–H and O–H groups in total. The Kier molecular flexibility index (Phi) is 7.39. The van der Waals surface area contributed by atoms with E-state index in [1.54, 1.807) is 48.5 Å². The Labute approximate surface area is 301 Å². The first-order valence-electron chi connectivity index (χ1n) is 16.4. The van der Waals surface area contributed by atoms with Gasteiger partial charge in [0.1, 0.15) is 0 Å². The maximum absolute atomic E-state index is 13.7. The zero-order valence-electron chi connectivity index (χ0n) is 27.3. The van der Waals surface area contributed by atoms with E-state index in [2.05, 4.69) is 0 Å². The summed E-state index contributed by atoms with van der Waals surface area (Å²) in [7, 11) is -7.91. The Morgan fingerprint density at radius 2 is 0.538 bits per heavy atom. The maximum atomic E-state index is 13.7. The van der Waals surface area contributed by atoms with E-state index in [1.807, 2.05) is 107 Å². The van der Waals surface area contributed by atoms with Crippen molar-refractivity contribution >= 4 is 53.8 Å². The summed E-state index contributed by atoms with van der Waals surface area (Å²) in [6.07, 6.45) is 0. The molecule has 8 nitrogen and oxygen atoms in total. The molecule has 0 saturated carbocycles. The fraction of sp³-hybridized carbons (Fsp3) is 0. The molecule has 2 aliphatic rings. The predicted molar refractivity (Wildman–Crippen MR) is 200 cm³/mol. The van der Waals surface area contributed by atoms with Gasteiger partial charge in [0.25, 0.3) is 0 Å². The number of fused-ring (bicyclic) bond motifs is 4. The molecule has 0 unspecified atom stereocenters. The fourth-order valence-electron chi connectivity index (χ4n) is 6.58. The van der Waals surface area contributed by atoms with Gasteiger partial charge in [-0.1, -0.05) is 48.5 Å². The van der Waals surface area contributed by atoms with Crippen LogP contribution in [0.1, 0.15) is 0 Å². The summed E-state index contributed by atoms with van der Waals surface area (Å²) in [5.41, 5.74) is 4.85. The molecule has 0 radical (unpaired) electrons. The molecule has 0 saturated heterocycles. The highest BCUT2D eigenvalue weighted by molar-refractivity contribution is 7.92. The van der Waals surface area contributed by atoms with Crippen LogP contribution in [-0.4, -0.2) is 16.8 Å². The number of nitrogens with zero attached hydrogens (tertiary/aromatic N) is 2. The van der Waals surface area contributed by atoms with Gasteiger partial charge in [-0.3, -0.25) is 0 Å². The fourth-order valence-corrected chi connectivity index (χ4v) is 9.11. The lowest BCUT2D eigenvalue weighted by Gasteiger charge is -2.32. The first kappa shape index (κ1) is 31.6. The average Bonchev–Trinajstić information content (AvgIpc) is 3.19. The third-order valence-corrected chi connectivity index (χ3v) is 12.7. The van der Waals surface area contributed by atoms with Crippen LogP contribution in [0.25, 0.3) is 0 Å². The van der Waals surface area contributed by atoms with Crippen LogP contribution in [0.4, 0.5) is 34.1 Å². The molecule has 0 aliphatic carbocycles. The van der Waals surface area contributed by atoms with Crippen molar-refractivity contribution in [3.05, 3.63) is 170 Å². The van der Waals surface area contributed by atoms with Crippen molar-refractivity contribution in [3.8, 4) is 23.0 Å². The topological polar surface area (TPSA) is 93.2 Å². The maximum Gasteiger partial charge on any atom is 0.206 e. The van der Waals surface area contributed by atoms with Crippen molar-refractivity contribution in [3.63, 3.8) is 0 Å². The second-order valence-electron chi connectivity index (χ2n) is 12.2. The van der Waals surface area contributed by atoms with Gasteiger partial charge < -0.3 is 19.3 Å². The number of rotatable bonds is 6. The molecule has 2 aliphatic heterocycles. The van der Waals surface area contributed by atoms with E-state index in [-0.39, 0.29) is 19.6 Å². The number of para-hydroxylation sites is 8. The molecular weight excluding hydrogens is 693 g/mol. The summed E-state index contributed by atoms with van der Waals surface area (Å²) < 4.78 is 67.1. The summed E-state index contributed by atoms with van der Waals surface area (Å²) in [6.45, 7) is 0. The molecule has 2 heterocycles. The third-order valence-electron chi connectivity index (χ3n) is 9.12. The summed E-state index contributed by atoms with van der Waals surface area (Å²) >= 11 is 0. The van der Waals surface area contributed by atoms with E-state index in [1.165, 1.54) is 24.3 Å². The highest BCUT2D eigenvalue weighted by Gasteiger charge is 2.28. The van der Waals surface area contributed by atoms with Crippen LogP contribution in [0.3, 0.4) is 0 Å². The van der Waals surface area contributed by atoms with Gasteiger partial charge in [-0.05, 0) is 121 Å². The zero-order chi connectivity index (χ0) is 35.5. The minimum Gasteiger partial charge on any atom is -0.453 e. The number of sulfone groups is 2. The largest absolute Gasteiger partial charge is 0.453 e. The van der Waals surface area contributed by atoms with E-state index < -0.39 is 19.7 Å². The van der Waals surface area contributed by atoms with Crippen molar-refractivity contribution < 1.29 is 26.3 Å². The number of hydrogen-bond acceptors (Lipinski definition) is 8. The Hall–Kier alpha value is -6.36. The molecule has 0 aromatic heterocycles. The number of benzene rings is 7. The lowest BCUT2D eigenvalue weighted by atomic mass is 10.1. The molecular formula is C42H28N2O6S2. The molecule has 254 valence electrons. The standard InChI is InChI=1S/C42H28N2O6S2/c45-51(46,31-21-17-29(18-22-31)43-35-9-1-5-13-39(35)49-40-14-6-2-10-36(40)43)33-25-27-34(28-26-33)52(47,48)32-23-19-30(20-24-32)44-37-11-3-7-15-41(37)50-42-16-8-4-12-38(42)44/h1-28H. The summed E-state index contributed by atoms with van der Waals surface area (Å²) in [6, 6.07) is 49.2. The number of hydrogen-bond donors (Lipinski definition) is 0. The van der Waals surface area contributed by atoms with Gasteiger partial charge in [0.2, 0.25) is 19.7 Å². The number of anilines is 6. The SMILES string of the molecule is O=S(=O)(c1ccc(N2c3ccccc3Oc3ccccc32)cc1)c1ccc(S(=O)(=O)c2ccc(N3c4ccccc4Oc4ccccc43)cc2)cc1. The lowest BCUT2D eigenvalue weighted by Crippen LogP contribution is -2.15. The highest BCUT2D eigenvalue weighted by Crippen LogP contribution is 2.51. The number of ether oxygens (including phenoxy) is 2. The van der Waals surface area contributed by atoms with Gasteiger partial charge in [0, 0.05) is 11.4 Å². The van der Waals surface area contributed by atoms with Crippen molar-refractivity contribution in [1.82, 2.24) is 0 Å². The summed E-state index contributed by atoms with van der Waals surface area (Å²) in [4.78, 5) is 4.19. The van der Waals surface area contributed by atoms with E-state index >= 15 is 0 Å². The highest BCUT2D eigenvalue weighted by atomic mass is 32.2. The Morgan fingerprint density at radius 1 is 0.308 bits per heavy atom. The van der Waals surface area contributed by atoms with Crippen molar-refractivity contribution in [2.75, 3.05) is 9.80 Å². The zero-order valence-corrected chi connectivity index (χ0v) is 29.0. The van der Waals surface area contributed by atoms with Crippen LogP contribution in [0.5, 0.6) is 23.0 Å². The van der Waals surface area contributed by atoms with Gasteiger partial charge >= 0.3 is 0 Å². The minimum absolute atomic E-state index is 0.0127. The van der Waals surface area contributed by atoms with Gasteiger partial charge in [0.05, 0.1) is 42.3 Å². The summed E-state index contributed by atoms with van der Waals surface area (Å²) in [5.74, 6) is 2.77. The van der Waals surface area contributed by atoms with Gasteiger partial charge in [-0.25, -0.2) is 16.8 Å². The molecule has 10 heteroatoms. The van der Waals surface area contributed by atoms with Crippen LogP contribution < -0.4 is 19.3 Å². The van der Waals surface area contributed by atoms with Crippen LogP contribution >= 0.6 is 0 Å². The van der Waals surface area contributed by atoms with Crippen molar-refractivity contribution in [2.45, 2.75) is 19.6 Å². The Bertz CT molecular complexity index is 2430. The monoisotopic (exact) mass is 720 g/mol. The van der Waals surface area contributed by atoms with E-state index in [9.17, 15) is 16.8 Å². The van der Waals surface area contributed by atoms with E-state index in [4.69, 9.17) is 9.47 Å². The molecule has 7 aromatic carbocycles. The third kappa shape index (κ3) is 5.19. The van der Waals surface area contributed by atoms with Crippen molar-refractivity contribution in [2.24, 2.45) is 0 Å². The first-order valence-corrected chi connectivity index (χ1v) is 19.4. The molecule has 0 atom stereocenters. The normalized spacial score (nSPS) is 13.2. The van der Waals surface area contributed by atoms with E-state index in [0.717, 1.165) is 34.1 Å². The average molecular weight is 721 g/mol. The van der Waals surface area contributed by atoms with Gasteiger partial charge in [0.15, 0.2) is 23.0 Å². The quantitative estimate of drug-likeness (QED) is 0.168.